The third kappa shape index (κ3) is 7.41. The van der Waals surface area contributed by atoms with Gasteiger partial charge in [-0.05, 0) is 76.4 Å². The highest BCUT2D eigenvalue weighted by Crippen LogP contribution is 2.40. The number of hydrogen-bond acceptors (Lipinski definition) is 8. The molecule has 2 aliphatic heterocycles. The van der Waals surface area contributed by atoms with Gasteiger partial charge in [-0.25, -0.2) is 9.59 Å². The Labute approximate surface area is 271 Å². The lowest BCUT2D eigenvalue weighted by molar-refractivity contribution is 0.0695. The Balaban J connectivity index is 1.39. The molecule has 2 aliphatic rings. The number of nitrogens with one attached hydrogen (secondary N) is 2. The molecule has 46 heavy (non-hydrogen) atoms. The van der Waals surface area contributed by atoms with Crippen LogP contribution in [-0.2, 0) is 6.42 Å². The summed E-state index contributed by atoms with van der Waals surface area (Å²) in [5.74, 6) is 1.27. The Hall–Kier alpha value is -4.25. The first-order valence-corrected chi connectivity index (χ1v) is 16.4. The molecule has 2 saturated heterocycles. The largest absolute Gasteiger partial charge is 0.493 e. The molecule has 0 aliphatic carbocycles. The predicted molar refractivity (Wildman–Crippen MR) is 180 cm³/mol. The minimum absolute atomic E-state index is 0.0214. The fourth-order valence-electron chi connectivity index (χ4n) is 6.46. The van der Waals surface area contributed by atoms with Crippen LogP contribution in [0.2, 0.25) is 0 Å². The molecule has 1 aromatic heterocycles. The Morgan fingerprint density at radius 3 is 2.39 bits per heavy atom. The number of carbonyl (C=O) groups excluding carboxylic acids is 1. The molecule has 2 unspecified atom stereocenters. The minimum atomic E-state index is -1.03. The van der Waals surface area contributed by atoms with Crippen molar-refractivity contribution in [1.82, 2.24) is 15.2 Å². The Kier molecular flexibility index (Phi) is 10.7. The molecule has 11 nitrogen and oxygen atoms in total. The number of piperazine rings is 1. The summed E-state index contributed by atoms with van der Waals surface area (Å²) in [5, 5.41) is 17.5. The van der Waals surface area contributed by atoms with Gasteiger partial charge in [0.2, 0.25) is 0 Å². The van der Waals surface area contributed by atoms with Crippen LogP contribution in [0.5, 0.6) is 17.2 Å². The molecule has 2 atom stereocenters. The molecule has 2 fully saturated rings. The topological polar surface area (TPSA) is 125 Å². The fourth-order valence-corrected chi connectivity index (χ4v) is 6.46. The van der Waals surface area contributed by atoms with Gasteiger partial charge in [0.25, 0.3) is 0 Å². The normalized spacial score (nSPS) is 17.6. The monoisotopic (exact) mass is 633 g/mol. The number of methoxy groups -OCH3 is 1. The van der Waals surface area contributed by atoms with Crippen LogP contribution in [0, 0.1) is 5.92 Å². The van der Waals surface area contributed by atoms with E-state index in [9.17, 15) is 14.7 Å². The zero-order valence-corrected chi connectivity index (χ0v) is 27.6. The van der Waals surface area contributed by atoms with Gasteiger partial charge in [-0.2, -0.15) is 0 Å². The van der Waals surface area contributed by atoms with Crippen molar-refractivity contribution in [3.05, 3.63) is 47.7 Å². The van der Waals surface area contributed by atoms with Crippen molar-refractivity contribution < 1.29 is 28.9 Å². The number of carboxylic acid groups (broad SMARTS) is 1. The van der Waals surface area contributed by atoms with E-state index in [0.717, 1.165) is 38.1 Å². The molecular weight excluding hydrogens is 586 g/mol. The van der Waals surface area contributed by atoms with E-state index in [1.54, 1.807) is 12.0 Å². The molecule has 5 rings (SSSR count). The van der Waals surface area contributed by atoms with Crippen LogP contribution in [0.4, 0.5) is 16.2 Å². The molecule has 0 bridgehead atoms. The number of carboxylic acids is 1. The summed E-state index contributed by atoms with van der Waals surface area (Å²) in [6.07, 6.45) is 3.64. The molecular formula is C35H47N5O6. The maximum absolute atomic E-state index is 13.1. The van der Waals surface area contributed by atoms with E-state index in [1.807, 2.05) is 57.2 Å². The van der Waals surface area contributed by atoms with Crippen molar-refractivity contribution >= 4 is 34.3 Å². The van der Waals surface area contributed by atoms with Gasteiger partial charge in [-0.1, -0.05) is 13.8 Å². The molecule has 2 aromatic carbocycles. The van der Waals surface area contributed by atoms with Gasteiger partial charge in [0.05, 0.1) is 30.1 Å². The van der Waals surface area contributed by atoms with E-state index in [1.165, 1.54) is 0 Å². The number of urea groups is 1. The number of pyridine rings is 1. The zero-order chi connectivity index (χ0) is 32.8. The number of piperidine rings is 1. The van der Waals surface area contributed by atoms with E-state index < -0.39 is 5.97 Å². The Morgan fingerprint density at radius 1 is 1.07 bits per heavy atom. The van der Waals surface area contributed by atoms with Crippen LogP contribution < -0.4 is 29.7 Å². The highest BCUT2D eigenvalue weighted by molar-refractivity contribution is 6.06. The first kappa shape index (κ1) is 33.1. The van der Waals surface area contributed by atoms with Crippen molar-refractivity contribution in [2.24, 2.45) is 5.92 Å². The third-order valence-electron chi connectivity index (χ3n) is 8.77. The lowest BCUT2D eigenvalue weighted by atomic mass is 9.92. The number of aromatic carboxylic acids is 1. The maximum atomic E-state index is 13.1. The predicted octanol–water partition coefficient (Wildman–Crippen LogP) is 5.80. The summed E-state index contributed by atoms with van der Waals surface area (Å²) < 4.78 is 18.1. The molecule has 248 valence electrons. The second-order valence-corrected chi connectivity index (χ2v) is 12.2. The number of aromatic nitrogens is 1. The molecule has 0 saturated carbocycles. The van der Waals surface area contributed by atoms with Gasteiger partial charge in [-0.3, -0.25) is 4.98 Å². The molecule has 0 radical (unpaired) electrons. The quantitative estimate of drug-likeness (QED) is 0.240. The van der Waals surface area contributed by atoms with Crippen molar-refractivity contribution in [3.8, 4) is 17.2 Å². The van der Waals surface area contributed by atoms with Gasteiger partial charge in [0.15, 0.2) is 11.5 Å². The molecule has 3 N–H and O–H groups in total. The number of ether oxygens (including phenoxy) is 3. The lowest BCUT2D eigenvalue weighted by Gasteiger charge is -2.37. The summed E-state index contributed by atoms with van der Waals surface area (Å²) in [6, 6.07) is 10.9. The number of benzene rings is 2. The lowest BCUT2D eigenvalue weighted by Crippen LogP contribution is -2.50. The number of aryl methyl sites for hydroxylation is 1. The summed E-state index contributed by atoms with van der Waals surface area (Å²) in [6.45, 7) is 11.7. The molecule has 2 amide bonds. The van der Waals surface area contributed by atoms with Gasteiger partial charge in [0, 0.05) is 55.8 Å². The van der Waals surface area contributed by atoms with Gasteiger partial charge in [-0.15, -0.1) is 0 Å². The van der Waals surface area contributed by atoms with E-state index in [4.69, 9.17) is 19.2 Å². The van der Waals surface area contributed by atoms with Crippen LogP contribution in [0.15, 0.2) is 36.4 Å². The molecule has 3 aromatic rings. The Bertz CT molecular complexity index is 1510. The summed E-state index contributed by atoms with van der Waals surface area (Å²) >= 11 is 0. The summed E-state index contributed by atoms with van der Waals surface area (Å²) in [5.41, 5.74) is 2.64. The van der Waals surface area contributed by atoms with E-state index in [-0.39, 0.29) is 23.8 Å². The average Bonchev–Trinajstić information content (AvgIpc) is 3.06. The van der Waals surface area contributed by atoms with Gasteiger partial charge >= 0.3 is 12.0 Å². The average molecular weight is 634 g/mol. The first-order valence-electron chi connectivity index (χ1n) is 16.4. The number of nitrogens with zero attached hydrogens (tertiary/aromatic N) is 3. The molecule has 3 heterocycles. The fraction of sp³-hybridized carbons (Fsp3) is 0.514. The van der Waals surface area contributed by atoms with Gasteiger partial charge in [0.1, 0.15) is 17.4 Å². The summed E-state index contributed by atoms with van der Waals surface area (Å²) in [4.78, 5) is 34.5. The van der Waals surface area contributed by atoms with Crippen LogP contribution >= 0.6 is 0 Å². The number of fused-ring (bicyclic) bond motifs is 1. The smallest absolute Gasteiger partial charge is 0.339 e. The highest BCUT2D eigenvalue weighted by Gasteiger charge is 2.30. The van der Waals surface area contributed by atoms with Gasteiger partial charge < -0.3 is 39.8 Å². The highest BCUT2D eigenvalue weighted by atomic mass is 16.5. The number of carbonyl (C=O) groups is 2. The van der Waals surface area contributed by atoms with E-state index in [0.29, 0.717) is 78.0 Å². The number of anilines is 2. The maximum Gasteiger partial charge on any atom is 0.339 e. The SMILES string of the molecule is CCc1nc2cc(OC(CC)C3CCCNC3)c(OC)cc2c(N2CCN(C(=O)Nc3ccc(OC(C)C)cc3)CC2)c1C(=O)O. The van der Waals surface area contributed by atoms with Crippen LogP contribution in [-0.4, -0.2) is 85.6 Å². The number of hydrogen-bond donors (Lipinski definition) is 3. The van der Waals surface area contributed by atoms with Crippen molar-refractivity contribution in [3.63, 3.8) is 0 Å². The Morgan fingerprint density at radius 2 is 1.80 bits per heavy atom. The first-order chi connectivity index (χ1) is 22.2. The van der Waals surface area contributed by atoms with Crippen LogP contribution in [0.1, 0.15) is 63.0 Å². The summed E-state index contributed by atoms with van der Waals surface area (Å²) in [7, 11) is 1.60. The van der Waals surface area contributed by atoms with Crippen molar-refractivity contribution in [1.29, 1.82) is 0 Å². The van der Waals surface area contributed by atoms with E-state index >= 15 is 0 Å². The van der Waals surface area contributed by atoms with Crippen LogP contribution in [0.3, 0.4) is 0 Å². The molecule has 11 heteroatoms. The number of amides is 2. The second kappa shape index (κ2) is 14.9. The zero-order valence-electron chi connectivity index (χ0n) is 27.6. The van der Waals surface area contributed by atoms with E-state index in [2.05, 4.69) is 22.5 Å². The third-order valence-corrected chi connectivity index (χ3v) is 8.77. The molecule has 0 spiro atoms. The van der Waals surface area contributed by atoms with Crippen LogP contribution in [0.25, 0.3) is 10.9 Å². The van der Waals surface area contributed by atoms with Crippen molar-refractivity contribution in [2.75, 3.05) is 56.6 Å². The van der Waals surface area contributed by atoms with Crippen molar-refractivity contribution in [2.45, 2.75) is 65.6 Å². The minimum Gasteiger partial charge on any atom is -0.493 e. The standard InChI is InChI=1S/C35H47N5O6/c1-6-27-32(34(41)42)33(39-15-17-40(18-16-39)35(43)37-24-10-12-25(13-11-24)45-22(3)4)26-19-30(44-5)31(20-28(26)38-27)46-29(7-2)23-9-8-14-36-21-23/h10-13,19-20,22-23,29,36H,6-9,14-18,21H2,1-5H3,(H,37,43)(H,41,42). The number of rotatable bonds is 11. The second-order valence-electron chi connectivity index (χ2n) is 12.2.